The Kier molecular flexibility index (Phi) is 6.29. The van der Waals surface area contributed by atoms with E-state index in [-0.39, 0.29) is 5.91 Å². The van der Waals surface area contributed by atoms with Gasteiger partial charge in [0, 0.05) is 12.2 Å². The molecule has 1 atom stereocenters. The van der Waals surface area contributed by atoms with E-state index >= 15 is 0 Å². The molecule has 0 unspecified atom stereocenters. The van der Waals surface area contributed by atoms with Gasteiger partial charge < -0.3 is 15.1 Å². The molecule has 4 heteroatoms. The number of carbonyl (C=O) groups excluding carboxylic acids is 1. The summed E-state index contributed by atoms with van der Waals surface area (Å²) in [5.74, 6) is 0.500. The van der Waals surface area contributed by atoms with E-state index in [9.17, 15) is 4.79 Å². The second-order valence-electron chi connectivity index (χ2n) is 7.32. The topological polar surface area (TPSA) is 36.8 Å². The Bertz CT molecular complexity index is 708. The summed E-state index contributed by atoms with van der Waals surface area (Å²) in [6, 6.07) is 18.9. The van der Waals surface area contributed by atoms with Crippen molar-refractivity contribution in [2.45, 2.75) is 19.8 Å². The van der Waals surface area contributed by atoms with Gasteiger partial charge >= 0.3 is 0 Å². The molecule has 1 fully saturated rings. The molecule has 1 heterocycles. The van der Waals surface area contributed by atoms with Crippen LogP contribution in [0.25, 0.3) is 0 Å². The fourth-order valence-corrected chi connectivity index (χ4v) is 3.61. The molecular weight excluding hydrogens is 322 g/mol. The number of rotatable bonds is 6. The summed E-state index contributed by atoms with van der Waals surface area (Å²) < 4.78 is 0. The second kappa shape index (κ2) is 8.86. The zero-order valence-electron chi connectivity index (χ0n) is 15.9. The highest BCUT2D eigenvalue weighted by Crippen LogP contribution is 2.18. The summed E-state index contributed by atoms with van der Waals surface area (Å²) in [7, 11) is 0. The quantitative estimate of drug-likeness (QED) is 0.829. The van der Waals surface area contributed by atoms with Crippen LogP contribution in [0.5, 0.6) is 0 Å². The number of piperazine rings is 1. The molecule has 1 aliphatic rings. The van der Waals surface area contributed by atoms with E-state index in [1.54, 1.807) is 0 Å². The van der Waals surface area contributed by atoms with E-state index in [2.05, 4.69) is 60.5 Å². The van der Waals surface area contributed by atoms with E-state index in [1.807, 2.05) is 18.2 Å². The number of amides is 1. The molecule has 0 aromatic heterocycles. The Balaban J connectivity index is 1.41. The smallest absolute Gasteiger partial charge is 0.275 e. The predicted octanol–water partition coefficient (Wildman–Crippen LogP) is 1.62. The lowest BCUT2D eigenvalue weighted by Gasteiger charge is -2.34. The SMILES string of the molecule is Cc1ccccc1N1CC[NH+](CC(=O)NC[C@@H](C)c2ccccc2)CC1. The van der Waals surface area contributed by atoms with Gasteiger partial charge in [-0.1, -0.05) is 55.5 Å². The first-order chi connectivity index (χ1) is 12.6. The van der Waals surface area contributed by atoms with Crippen LogP contribution in [-0.2, 0) is 4.79 Å². The number of hydrogen-bond acceptors (Lipinski definition) is 2. The van der Waals surface area contributed by atoms with Crippen LogP contribution in [0.15, 0.2) is 54.6 Å². The lowest BCUT2D eigenvalue weighted by atomic mass is 10.0. The highest BCUT2D eigenvalue weighted by atomic mass is 16.2. The lowest BCUT2D eigenvalue weighted by molar-refractivity contribution is -0.892. The Morgan fingerprint density at radius 3 is 2.42 bits per heavy atom. The van der Waals surface area contributed by atoms with Gasteiger partial charge in [0.1, 0.15) is 0 Å². The van der Waals surface area contributed by atoms with Gasteiger partial charge in [0.25, 0.3) is 5.91 Å². The van der Waals surface area contributed by atoms with Crippen molar-refractivity contribution in [3.05, 3.63) is 65.7 Å². The third-order valence-corrected chi connectivity index (χ3v) is 5.31. The maximum Gasteiger partial charge on any atom is 0.275 e. The number of anilines is 1. The molecule has 0 spiro atoms. The first-order valence-corrected chi connectivity index (χ1v) is 9.59. The van der Waals surface area contributed by atoms with Gasteiger partial charge in [0.15, 0.2) is 6.54 Å². The van der Waals surface area contributed by atoms with Crippen LogP contribution in [0.1, 0.15) is 24.0 Å². The number of nitrogens with zero attached hydrogens (tertiary/aromatic N) is 1. The summed E-state index contributed by atoms with van der Waals surface area (Å²) in [4.78, 5) is 16.1. The van der Waals surface area contributed by atoms with E-state index in [4.69, 9.17) is 0 Å². The zero-order valence-corrected chi connectivity index (χ0v) is 15.9. The molecule has 138 valence electrons. The van der Waals surface area contributed by atoms with Crippen LogP contribution >= 0.6 is 0 Å². The summed E-state index contributed by atoms with van der Waals surface area (Å²) in [5.41, 5.74) is 3.92. The predicted molar refractivity (Wildman–Crippen MR) is 107 cm³/mol. The van der Waals surface area contributed by atoms with Gasteiger partial charge in [0.05, 0.1) is 26.2 Å². The minimum absolute atomic E-state index is 0.159. The largest absolute Gasteiger partial charge is 0.360 e. The van der Waals surface area contributed by atoms with Crippen molar-refractivity contribution in [3.63, 3.8) is 0 Å². The Morgan fingerprint density at radius 2 is 1.73 bits per heavy atom. The minimum Gasteiger partial charge on any atom is -0.360 e. The third-order valence-electron chi connectivity index (χ3n) is 5.31. The highest BCUT2D eigenvalue weighted by Gasteiger charge is 2.23. The molecule has 0 aliphatic carbocycles. The van der Waals surface area contributed by atoms with Crippen molar-refractivity contribution in [2.24, 2.45) is 0 Å². The molecule has 2 aromatic carbocycles. The average molecular weight is 353 g/mol. The zero-order chi connectivity index (χ0) is 18.4. The van der Waals surface area contributed by atoms with E-state index < -0.39 is 0 Å². The van der Waals surface area contributed by atoms with Crippen LogP contribution < -0.4 is 15.1 Å². The lowest BCUT2D eigenvalue weighted by Crippen LogP contribution is -3.16. The molecule has 1 aliphatic heterocycles. The summed E-state index contributed by atoms with van der Waals surface area (Å²) in [6.07, 6.45) is 0. The van der Waals surface area contributed by atoms with Crippen LogP contribution in [0, 0.1) is 6.92 Å². The molecule has 1 saturated heterocycles. The maximum absolute atomic E-state index is 12.3. The molecule has 0 radical (unpaired) electrons. The van der Waals surface area contributed by atoms with Crippen LogP contribution in [0.2, 0.25) is 0 Å². The Labute approximate surface area is 156 Å². The van der Waals surface area contributed by atoms with Crippen LogP contribution in [0.4, 0.5) is 5.69 Å². The van der Waals surface area contributed by atoms with Gasteiger partial charge in [-0.15, -0.1) is 0 Å². The average Bonchev–Trinajstić information content (AvgIpc) is 2.68. The molecule has 0 bridgehead atoms. The van der Waals surface area contributed by atoms with Crippen molar-refractivity contribution in [1.29, 1.82) is 0 Å². The molecule has 4 nitrogen and oxygen atoms in total. The Hall–Kier alpha value is -2.33. The highest BCUT2D eigenvalue weighted by molar-refractivity contribution is 5.76. The number of para-hydroxylation sites is 1. The molecule has 1 amide bonds. The normalized spacial score (nSPS) is 16.3. The molecule has 2 aromatic rings. The molecule has 0 saturated carbocycles. The minimum atomic E-state index is 0.159. The van der Waals surface area contributed by atoms with Crippen molar-refractivity contribution in [1.82, 2.24) is 5.32 Å². The molecular formula is C22H30N3O+. The fourth-order valence-electron chi connectivity index (χ4n) is 3.61. The molecule has 2 N–H and O–H groups in total. The first kappa shape index (κ1) is 18.5. The van der Waals surface area contributed by atoms with E-state index in [0.717, 1.165) is 26.2 Å². The van der Waals surface area contributed by atoms with Crippen molar-refractivity contribution in [3.8, 4) is 0 Å². The van der Waals surface area contributed by atoms with Gasteiger partial charge in [-0.05, 0) is 30.0 Å². The van der Waals surface area contributed by atoms with Crippen molar-refractivity contribution in [2.75, 3.05) is 44.2 Å². The van der Waals surface area contributed by atoms with Gasteiger partial charge in [0.2, 0.25) is 0 Å². The Morgan fingerprint density at radius 1 is 1.08 bits per heavy atom. The van der Waals surface area contributed by atoms with E-state index in [1.165, 1.54) is 21.7 Å². The number of aryl methyl sites for hydroxylation is 1. The van der Waals surface area contributed by atoms with Crippen molar-refractivity contribution >= 4 is 11.6 Å². The number of hydrogen-bond donors (Lipinski definition) is 2. The molecule has 3 rings (SSSR count). The number of benzene rings is 2. The summed E-state index contributed by atoms with van der Waals surface area (Å²) in [6.45, 7) is 9.63. The standard InChI is InChI=1S/C22H29N3O/c1-18-8-6-7-11-21(18)25-14-12-24(13-15-25)17-22(26)23-16-19(2)20-9-4-3-5-10-20/h3-11,19H,12-17H2,1-2H3,(H,23,26)/p+1/t19-/m1/s1. The first-order valence-electron chi connectivity index (χ1n) is 9.59. The van der Waals surface area contributed by atoms with Crippen LogP contribution in [0.3, 0.4) is 0 Å². The van der Waals surface area contributed by atoms with Gasteiger partial charge in [-0.3, -0.25) is 4.79 Å². The van der Waals surface area contributed by atoms with Crippen LogP contribution in [-0.4, -0.2) is 45.2 Å². The molecule has 26 heavy (non-hydrogen) atoms. The second-order valence-corrected chi connectivity index (χ2v) is 7.32. The third kappa shape index (κ3) is 4.85. The van der Waals surface area contributed by atoms with Crippen molar-refractivity contribution < 1.29 is 9.69 Å². The summed E-state index contributed by atoms with van der Waals surface area (Å²) in [5, 5.41) is 3.11. The number of nitrogens with one attached hydrogen (secondary N) is 2. The van der Waals surface area contributed by atoms with Gasteiger partial charge in [-0.2, -0.15) is 0 Å². The number of quaternary nitrogens is 1. The number of carbonyl (C=O) groups is 1. The van der Waals surface area contributed by atoms with Gasteiger partial charge in [-0.25, -0.2) is 0 Å². The maximum atomic E-state index is 12.3. The monoisotopic (exact) mass is 352 g/mol. The fraction of sp³-hybridized carbons (Fsp3) is 0.409. The summed E-state index contributed by atoms with van der Waals surface area (Å²) >= 11 is 0. The van der Waals surface area contributed by atoms with E-state index in [0.29, 0.717) is 19.0 Å².